The van der Waals surface area contributed by atoms with E-state index in [1.165, 1.54) is 0 Å². The lowest BCUT2D eigenvalue weighted by Crippen LogP contribution is -2.47. The van der Waals surface area contributed by atoms with Gasteiger partial charge in [0.2, 0.25) is 5.91 Å². The topological polar surface area (TPSA) is 54.5 Å². The molecule has 1 aliphatic heterocycles. The second-order valence-corrected chi connectivity index (χ2v) is 7.70. The highest BCUT2D eigenvalue weighted by molar-refractivity contribution is 7.13. The first kappa shape index (κ1) is 19.8. The van der Waals surface area contributed by atoms with E-state index in [-0.39, 0.29) is 5.91 Å². The molecule has 2 aromatic rings. The number of hydrogen-bond donors (Lipinski definition) is 1. The lowest BCUT2D eigenvalue weighted by atomic mass is 10.0. The first-order valence-corrected chi connectivity index (χ1v) is 10.8. The second-order valence-electron chi connectivity index (χ2n) is 6.85. The quantitative estimate of drug-likeness (QED) is 0.750. The maximum atomic E-state index is 12.9. The first-order chi connectivity index (χ1) is 13.2. The molecule has 0 spiro atoms. The molecule has 5 nitrogen and oxygen atoms in total. The van der Waals surface area contributed by atoms with Crippen LogP contribution in [0.15, 0.2) is 29.6 Å². The first-order valence-electron chi connectivity index (χ1n) is 9.89. The van der Waals surface area contributed by atoms with Gasteiger partial charge in [-0.1, -0.05) is 6.92 Å². The van der Waals surface area contributed by atoms with Gasteiger partial charge in [-0.3, -0.25) is 4.79 Å². The van der Waals surface area contributed by atoms with E-state index in [1.54, 1.807) is 11.3 Å². The Kier molecular flexibility index (Phi) is 7.24. The molecule has 1 saturated heterocycles. The van der Waals surface area contributed by atoms with Gasteiger partial charge in [0, 0.05) is 23.5 Å². The van der Waals surface area contributed by atoms with E-state index in [9.17, 15) is 4.79 Å². The SMILES string of the molecule is CCCN(C(=O)Cc1csc(-c2ccc(OCC)cc2)n1)C1CCNCC1. The molecule has 146 valence electrons. The van der Waals surface area contributed by atoms with Gasteiger partial charge in [-0.15, -0.1) is 11.3 Å². The fraction of sp³-hybridized carbons (Fsp3) is 0.524. The Morgan fingerprint density at radius 1 is 1.26 bits per heavy atom. The summed E-state index contributed by atoms with van der Waals surface area (Å²) >= 11 is 1.59. The second kappa shape index (κ2) is 9.85. The number of benzene rings is 1. The molecule has 27 heavy (non-hydrogen) atoms. The van der Waals surface area contributed by atoms with Crippen LogP contribution in [0.1, 0.15) is 38.8 Å². The van der Waals surface area contributed by atoms with Crippen LogP contribution in [-0.4, -0.2) is 48.1 Å². The molecule has 6 heteroatoms. The Morgan fingerprint density at radius 2 is 2.00 bits per heavy atom. The van der Waals surface area contributed by atoms with Gasteiger partial charge in [0.1, 0.15) is 10.8 Å². The van der Waals surface area contributed by atoms with E-state index in [0.29, 0.717) is 19.1 Å². The minimum absolute atomic E-state index is 0.201. The number of carbonyl (C=O) groups excluding carboxylic acids is 1. The Hall–Kier alpha value is -1.92. The molecule has 0 radical (unpaired) electrons. The van der Waals surface area contributed by atoms with Gasteiger partial charge < -0.3 is 15.0 Å². The lowest BCUT2D eigenvalue weighted by molar-refractivity contribution is -0.133. The summed E-state index contributed by atoms with van der Waals surface area (Å²) in [6, 6.07) is 8.33. The summed E-state index contributed by atoms with van der Waals surface area (Å²) < 4.78 is 5.49. The van der Waals surface area contributed by atoms with E-state index in [0.717, 1.165) is 60.9 Å². The van der Waals surface area contributed by atoms with Crippen molar-refractivity contribution in [2.75, 3.05) is 26.2 Å². The van der Waals surface area contributed by atoms with Crippen LogP contribution in [0.3, 0.4) is 0 Å². The highest BCUT2D eigenvalue weighted by Crippen LogP contribution is 2.26. The number of hydrogen-bond acceptors (Lipinski definition) is 5. The van der Waals surface area contributed by atoms with E-state index >= 15 is 0 Å². The molecule has 1 N–H and O–H groups in total. The monoisotopic (exact) mass is 387 g/mol. The summed E-state index contributed by atoms with van der Waals surface area (Å²) in [5.74, 6) is 1.07. The summed E-state index contributed by atoms with van der Waals surface area (Å²) in [7, 11) is 0. The van der Waals surface area contributed by atoms with Crippen molar-refractivity contribution in [3.8, 4) is 16.3 Å². The molecule has 0 atom stereocenters. The third-order valence-electron chi connectivity index (χ3n) is 4.83. The van der Waals surface area contributed by atoms with Crippen molar-refractivity contribution >= 4 is 17.2 Å². The molecule has 1 aliphatic rings. The summed E-state index contributed by atoms with van der Waals surface area (Å²) in [6.07, 6.45) is 3.46. The van der Waals surface area contributed by atoms with E-state index in [4.69, 9.17) is 9.72 Å². The number of nitrogens with zero attached hydrogens (tertiary/aromatic N) is 2. The fourth-order valence-electron chi connectivity index (χ4n) is 3.51. The molecule has 0 saturated carbocycles. The Morgan fingerprint density at radius 3 is 2.67 bits per heavy atom. The normalized spacial score (nSPS) is 14.9. The average molecular weight is 388 g/mol. The molecule has 0 bridgehead atoms. The standard InChI is InChI=1S/C21H29N3O2S/c1-3-13-24(18-9-11-22-12-10-18)20(25)14-17-15-27-21(23-17)16-5-7-19(8-6-16)26-4-2/h5-8,15,18,22H,3-4,9-14H2,1-2H3. The van der Waals surface area contributed by atoms with Crippen LogP contribution in [0.5, 0.6) is 5.75 Å². The Balaban J connectivity index is 1.65. The number of amides is 1. The molecule has 1 aromatic carbocycles. The number of carbonyl (C=O) groups is 1. The van der Waals surface area contributed by atoms with Crippen molar-refractivity contribution < 1.29 is 9.53 Å². The minimum atomic E-state index is 0.201. The fourth-order valence-corrected chi connectivity index (χ4v) is 4.33. The zero-order valence-electron chi connectivity index (χ0n) is 16.2. The van der Waals surface area contributed by atoms with Crippen molar-refractivity contribution in [1.82, 2.24) is 15.2 Å². The van der Waals surface area contributed by atoms with E-state index in [2.05, 4.69) is 17.1 Å². The molecule has 1 aromatic heterocycles. The molecular weight excluding hydrogens is 358 g/mol. The molecule has 1 fully saturated rings. The largest absolute Gasteiger partial charge is 0.494 e. The molecule has 0 unspecified atom stereocenters. The van der Waals surface area contributed by atoms with Crippen LogP contribution in [0, 0.1) is 0 Å². The van der Waals surface area contributed by atoms with Crippen LogP contribution < -0.4 is 10.1 Å². The summed E-state index contributed by atoms with van der Waals surface area (Å²) in [6.45, 7) is 7.60. The molecule has 1 amide bonds. The minimum Gasteiger partial charge on any atom is -0.494 e. The number of rotatable bonds is 8. The van der Waals surface area contributed by atoms with Crippen LogP contribution in [0.25, 0.3) is 10.6 Å². The third-order valence-corrected chi connectivity index (χ3v) is 5.77. The average Bonchev–Trinajstić information content (AvgIpc) is 3.16. The van der Waals surface area contributed by atoms with Crippen LogP contribution in [0.4, 0.5) is 0 Å². The summed E-state index contributed by atoms with van der Waals surface area (Å²) in [5, 5.41) is 6.34. The predicted octanol–water partition coefficient (Wildman–Crippen LogP) is 3.74. The zero-order chi connectivity index (χ0) is 19.1. The van der Waals surface area contributed by atoms with Gasteiger partial charge in [0.05, 0.1) is 18.7 Å². The maximum absolute atomic E-state index is 12.9. The smallest absolute Gasteiger partial charge is 0.228 e. The summed E-state index contributed by atoms with van der Waals surface area (Å²) in [5.41, 5.74) is 1.93. The summed E-state index contributed by atoms with van der Waals surface area (Å²) in [4.78, 5) is 19.7. The van der Waals surface area contributed by atoms with Crippen molar-refractivity contribution in [3.05, 3.63) is 35.3 Å². The van der Waals surface area contributed by atoms with Crippen molar-refractivity contribution in [2.24, 2.45) is 0 Å². The highest BCUT2D eigenvalue weighted by atomic mass is 32.1. The van der Waals surface area contributed by atoms with Gasteiger partial charge in [-0.05, 0) is 63.5 Å². The van der Waals surface area contributed by atoms with Gasteiger partial charge in [0.25, 0.3) is 0 Å². The molecule has 2 heterocycles. The maximum Gasteiger partial charge on any atom is 0.228 e. The van der Waals surface area contributed by atoms with Crippen molar-refractivity contribution in [3.63, 3.8) is 0 Å². The number of piperidine rings is 1. The van der Waals surface area contributed by atoms with Gasteiger partial charge in [-0.25, -0.2) is 4.98 Å². The van der Waals surface area contributed by atoms with Crippen LogP contribution in [-0.2, 0) is 11.2 Å². The number of nitrogens with one attached hydrogen (secondary N) is 1. The zero-order valence-corrected chi connectivity index (χ0v) is 17.1. The van der Waals surface area contributed by atoms with Crippen molar-refractivity contribution in [2.45, 2.75) is 45.6 Å². The van der Waals surface area contributed by atoms with Gasteiger partial charge in [-0.2, -0.15) is 0 Å². The number of ether oxygens (including phenoxy) is 1. The highest BCUT2D eigenvalue weighted by Gasteiger charge is 2.25. The third kappa shape index (κ3) is 5.30. The molecule has 3 rings (SSSR count). The molecule has 0 aliphatic carbocycles. The van der Waals surface area contributed by atoms with Crippen molar-refractivity contribution in [1.29, 1.82) is 0 Å². The number of thiazole rings is 1. The van der Waals surface area contributed by atoms with Crippen LogP contribution in [0.2, 0.25) is 0 Å². The predicted molar refractivity (Wildman–Crippen MR) is 110 cm³/mol. The van der Waals surface area contributed by atoms with Crippen LogP contribution >= 0.6 is 11.3 Å². The Labute approximate surface area is 165 Å². The van der Waals surface area contributed by atoms with Gasteiger partial charge >= 0.3 is 0 Å². The lowest BCUT2D eigenvalue weighted by Gasteiger charge is -2.34. The van der Waals surface area contributed by atoms with E-state index < -0.39 is 0 Å². The van der Waals surface area contributed by atoms with E-state index in [1.807, 2.05) is 36.6 Å². The molecular formula is C21H29N3O2S. The number of aromatic nitrogens is 1. The van der Waals surface area contributed by atoms with Gasteiger partial charge in [0.15, 0.2) is 0 Å². The Bertz CT molecular complexity index is 723.